The van der Waals surface area contributed by atoms with Crippen molar-refractivity contribution >= 4 is 23.8 Å². The molecule has 0 saturated heterocycles. The Morgan fingerprint density at radius 2 is 1.36 bits per heavy atom. The summed E-state index contributed by atoms with van der Waals surface area (Å²) in [6, 6.07) is -0.508. The van der Waals surface area contributed by atoms with E-state index < -0.39 is 36.1 Å². The minimum absolute atomic E-state index is 0.0436. The van der Waals surface area contributed by atoms with Gasteiger partial charge >= 0.3 is 11.9 Å². The van der Waals surface area contributed by atoms with Gasteiger partial charge in [0.05, 0.1) is 37.7 Å². The van der Waals surface area contributed by atoms with Crippen LogP contribution in [0.15, 0.2) is 0 Å². The van der Waals surface area contributed by atoms with Crippen LogP contribution >= 0.6 is 0 Å². The fraction of sp³-hybridized carbons (Fsp3) is 0.871. The molecule has 0 fully saturated rings. The molecule has 0 aromatic rings. The van der Waals surface area contributed by atoms with Crippen LogP contribution in [0.4, 0.5) is 0 Å². The minimum atomic E-state index is -1.05. The second-order valence-corrected chi connectivity index (χ2v) is 11.4. The van der Waals surface area contributed by atoms with Gasteiger partial charge in [0.15, 0.2) is 0 Å². The van der Waals surface area contributed by atoms with E-state index >= 15 is 0 Å². The highest BCUT2D eigenvalue weighted by Crippen LogP contribution is 2.13. The first kappa shape index (κ1) is 39.8. The lowest BCUT2D eigenvalue weighted by Crippen LogP contribution is -2.41. The van der Waals surface area contributed by atoms with Gasteiger partial charge in [-0.25, -0.2) is 0 Å². The van der Waals surface area contributed by atoms with E-state index in [1.807, 2.05) is 0 Å². The molecule has 0 heterocycles. The van der Waals surface area contributed by atoms with Crippen molar-refractivity contribution in [3.8, 4) is 0 Å². The molecule has 4 atom stereocenters. The lowest BCUT2D eigenvalue weighted by Gasteiger charge is -2.20. The number of amides is 2. The zero-order chi connectivity index (χ0) is 31.6. The van der Waals surface area contributed by atoms with Gasteiger partial charge in [-0.05, 0) is 32.1 Å². The number of unbranched alkanes of at least 4 members (excludes halogenated alkanes) is 9. The Bertz CT molecular complexity index is 735. The summed E-state index contributed by atoms with van der Waals surface area (Å²) in [5, 5.41) is 43.0. The number of carbonyl (C=O) groups is 4. The molecule has 0 saturated carbocycles. The van der Waals surface area contributed by atoms with Gasteiger partial charge in [-0.15, -0.1) is 0 Å². The van der Waals surface area contributed by atoms with Gasteiger partial charge in [-0.1, -0.05) is 78.1 Å². The molecule has 0 rings (SSSR count). The van der Waals surface area contributed by atoms with Crippen molar-refractivity contribution in [3.63, 3.8) is 0 Å². The van der Waals surface area contributed by atoms with Gasteiger partial charge in [0, 0.05) is 18.9 Å². The van der Waals surface area contributed by atoms with Gasteiger partial charge in [-0.2, -0.15) is 0 Å². The van der Waals surface area contributed by atoms with Gasteiger partial charge in [-0.3, -0.25) is 19.2 Å². The Labute approximate surface area is 252 Å². The minimum Gasteiger partial charge on any atom is -0.481 e. The van der Waals surface area contributed by atoms with E-state index in [1.165, 1.54) is 45.4 Å². The van der Waals surface area contributed by atoms with Crippen LogP contribution in [0.5, 0.6) is 0 Å². The summed E-state index contributed by atoms with van der Waals surface area (Å²) in [5.74, 6) is -2.85. The number of carboxylic acid groups (broad SMARTS) is 1. The molecule has 0 bridgehead atoms. The highest BCUT2D eigenvalue weighted by Gasteiger charge is 2.19. The maximum atomic E-state index is 12.6. The molecule has 11 nitrogen and oxygen atoms in total. The van der Waals surface area contributed by atoms with E-state index in [4.69, 9.17) is 14.9 Å². The molecule has 0 aliphatic heterocycles. The average molecular weight is 603 g/mol. The first-order valence-electron chi connectivity index (χ1n) is 16.0. The molecule has 42 heavy (non-hydrogen) atoms. The van der Waals surface area contributed by atoms with Crippen molar-refractivity contribution in [3.05, 3.63) is 0 Å². The zero-order valence-corrected chi connectivity index (χ0v) is 26.0. The summed E-state index contributed by atoms with van der Waals surface area (Å²) in [7, 11) is 0. The van der Waals surface area contributed by atoms with Crippen molar-refractivity contribution in [1.29, 1.82) is 0 Å². The number of esters is 1. The first-order valence-corrected chi connectivity index (χ1v) is 16.0. The van der Waals surface area contributed by atoms with Gasteiger partial charge in [0.25, 0.3) is 0 Å². The average Bonchev–Trinajstić information content (AvgIpc) is 2.94. The summed E-state index contributed by atoms with van der Waals surface area (Å²) in [6.45, 7) is 3.64. The molecule has 246 valence electrons. The van der Waals surface area contributed by atoms with E-state index in [0.717, 1.165) is 19.3 Å². The van der Waals surface area contributed by atoms with Gasteiger partial charge in [0.1, 0.15) is 6.61 Å². The Hall–Kier alpha value is -2.24. The third-order valence-corrected chi connectivity index (χ3v) is 7.21. The molecule has 6 N–H and O–H groups in total. The quantitative estimate of drug-likeness (QED) is 0.0575. The maximum Gasteiger partial charge on any atom is 0.305 e. The smallest absolute Gasteiger partial charge is 0.305 e. The number of nitrogens with one attached hydrogen (secondary N) is 2. The van der Waals surface area contributed by atoms with Crippen LogP contribution in [0.1, 0.15) is 129 Å². The van der Waals surface area contributed by atoms with E-state index in [2.05, 4.69) is 17.6 Å². The molecular weight excluding hydrogens is 544 g/mol. The summed E-state index contributed by atoms with van der Waals surface area (Å²) in [4.78, 5) is 47.7. The third-order valence-electron chi connectivity index (χ3n) is 7.21. The number of carbonyl (C=O) groups excluding carboxylic acids is 3. The molecule has 0 aliphatic carbocycles. The molecule has 0 aromatic carbocycles. The fourth-order valence-electron chi connectivity index (χ4n) is 4.59. The fourth-order valence-corrected chi connectivity index (χ4v) is 4.59. The van der Waals surface area contributed by atoms with Crippen LogP contribution < -0.4 is 10.6 Å². The van der Waals surface area contributed by atoms with Crippen molar-refractivity contribution in [2.24, 2.45) is 5.92 Å². The summed E-state index contributed by atoms with van der Waals surface area (Å²) in [6.07, 6.45) is 11.7. The number of rotatable bonds is 28. The number of carboxylic acids is 1. The van der Waals surface area contributed by atoms with E-state index in [9.17, 15) is 29.4 Å². The number of aliphatic carboxylic acids is 1. The van der Waals surface area contributed by atoms with E-state index in [-0.39, 0.29) is 50.8 Å². The Morgan fingerprint density at radius 1 is 0.762 bits per heavy atom. The van der Waals surface area contributed by atoms with Crippen molar-refractivity contribution in [1.82, 2.24) is 10.6 Å². The second kappa shape index (κ2) is 26.4. The highest BCUT2D eigenvalue weighted by molar-refractivity contribution is 5.82. The van der Waals surface area contributed by atoms with Gasteiger partial charge < -0.3 is 35.8 Å². The number of hydrogen-bond donors (Lipinski definition) is 6. The van der Waals surface area contributed by atoms with Gasteiger partial charge in [0.2, 0.25) is 11.8 Å². The zero-order valence-electron chi connectivity index (χ0n) is 26.0. The number of aliphatic hydroxyl groups is 3. The van der Waals surface area contributed by atoms with E-state index in [1.54, 1.807) is 0 Å². The number of aliphatic hydroxyl groups excluding tert-OH is 3. The maximum absolute atomic E-state index is 12.6. The molecule has 0 aliphatic rings. The molecule has 0 spiro atoms. The highest BCUT2D eigenvalue weighted by atomic mass is 16.5. The molecular formula is C31H58N2O9. The van der Waals surface area contributed by atoms with Crippen molar-refractivity contribution in [2.45, 2.75) is 148 Å². The topological polar surface area (TPSA) is 182 Å². The van der Waals surface area contributed by atoms with Crippen LogP contribution in [-0.2, 0) is 23.9 Å². The standard InChI is InChI=1S/C31H58N2O9/c1-3-4-5-6-7-8-9-10-11-16-26(35)21-28(37)33-25(15-14-19-32-31(41)24(2)20-29(38)39)23-42-30(40)18-13-12-17-27(36)22-34/h24-27,34-36H,3-23H2,1-2H3,(H,32,41)(H,33,37)(H,38,39)/t24-,25+,26+,27?/m0/s1. The molecule has 11 heteroatoms. The summed E-state index contributed by atoms with van der Waals surface area (Å²) < 4.78 is 5.36. The largest absolute Gasteiger partial charge is 0.481 e. The van der Waals surface area contributed by atoms with Crippen molar-refractivity contribution < 1.29 is 44.3 Å². The normalized spacial score (nSPS) is 14.0. The molecule has 2 amide bonds. The summed E-state index contributed by atoms with van der Waals surface area (Å²) >= 11 is 0. The molecule has 0 aromatic heterocycles. The predicted octanol–water partition coefficient (Wildman–Crippen LogP) is 3.61. The number of ether oxygens (including phenoxy) is 1. The lowest BCUT2D eigenvalue weighted by atomic mass is 10.0. The third kappa shape index (κ3) is 24.4. The first-order chi connectivity index (χ1) is 20.1. The Kier molecular flexibility index (Phi) is 25.0. The molecule has 1 unspecified atom stereocenters. The van der Waals surface area contributed by atoms with Crippen LogP contribution in [0.2, 0.25) is 0 Å². The monoisotopic (exact) mass is 602 g/mol. The van der Waals surface area contributed by atoms with Crippen LogP contribution in [-0.4, -0.2) is 82.2 Å². The molecule has 0 radical (unpaired) electrons. The lowest BCUT2D eigenvalue weighted by molar-refractivity contribution is -0.145. The Balaban J connectivity index is 4.55. The predicted molar refractivity (Wildman–Crippen MR) is 161 cm³/mol. The van der Waals surface area contributed by atoms with E-state index in [0.29, 0.717) is 38.5 Å². The number of hydrogen-bond acceptors (Lipinski definition) is 8. The second-order valence-electron chi connectivity index (χ2n) is 11.4. The van der Waals surface area contributed by atoms with Crippen LogP contribution in [0, 0.1) is 5.92 Å². The summed E-state index contributed by atoms with van der Waals surface area (Å²) in [5.41, 5.74) is 0. The SMILES string of the molecule is CCCCCCCCCCC[C@@H](O)CC(=O)N[C@H](CCCNC(=O)[C@@H](C)CC(=O)O)COC(=O)CCCCC(O)CO. The van der Waals surface area contributed by atoms with Crippen LogP contribution in [0.3, 0.4) is 0 Å². The van der Waals surface area contributed by atoms with Crippen molar-refractivity contribution in [2.75, 3.05) is 19.8 Å². The Morgan fingerprint density at radius 3 is 1.98 bits per heavy atom. The van der Waals surface area contributed by atoms with Crippen LogP contribution in [0.25, 0.3) is 0 Å².